The minimum atomic E-state index is -0.506. The van der Waals surface area contributed by atoms with Gasteiger partial charge in [0.05, 0.1) is 17.5 Å². The number of nitrogens with zero attached hydrogens (tertiary/aromatic N) is 5. The third kappa shape index (κ3) is 7.05. The Labute approximate surface area is 252 Å². The quantitative estimate of drug-likeness (QED) is 0.328. The predicted octanol–water partition coefficient (Wildman–Crippen LogP) is 4.68. The summed E-state index contributed by atoms with van der Waals surface area (Å²) in [5, 5.41) is 12.9. The molecule has 5 rings (SSSR count). The predicted molar refractivity (Wildman–Crippen MR) is 161 cm³/mol. The Balaban J connectivity index is 1.29. The third-order valence-corrected chi connectivity index (χ3v) is 8.10. The number of aliphatic hydroxyl groups is 1. The molecule has 1 aromatic carbocycles. The highest BCUT2D eigenvalue weighted by Crippen LogP contribution is 2.37. The van der Waals surface area contributed by atoms with Gasteiger partial charge in [0.15, 0.2) is 11.6 Å². The smallest absolute Gasteiger partial charge is 0.257 e. The van der Waals surface area contributed by atoms with Crippen LogP contribution < -0.4 is 19.7 Å². The fraction of sp³-hybridized carbons (Fsp3) is 0.500. The first kappa shape index (κ1) is 30.6. The van der Waals surface area contributed by atoms with Gasteiger partial charge in [-0.05, 0) is 57.9 Å². The number of aromatic nitrogens is 3. The zero-order valence-corrected chi connectivity index (χ0v) is 25.1. The van der Waals surface area contributed by atoms with Crippen LogP contribution in [0.15, 0.2) is 43.0 Å². The van der Waals surface area contributed by atoms with Gasteiger partial charge in [-0.15, -0.1) is 0 Å². The molecule has 0 radical (unpaired) electrons. The maximum absolute atomic E-state index is 14.3. The summed E-state index contributed by atoms with van der Waals surface area (Å²) in [6, 6.07) is 6.00. The molecule has 1 saturated heterocycles. The monoisotopic (exact) mass is 592 g/mol. The standard InChI is InChI=1S/C32H41FN6O4/c1-4-39(21(2)3)32(41)24-18-22(33)7-8-27(24)43-29-19-34-20-37-31(29)38-15-11-23(12-16-38)42-28-10-14-36-26-9-13-35-25(30(26)28)6-5-17-40/h7-8,10,14,18-21,23,25,35,40H,4-6,9,11-13,15-17H2,1-3H3/t25-/m0/s1. The van der Waals surface area contributed by atoms with E-state index >= 15 is 0 Å². The number of nitrogens with one attached hydrogen (secondary N) is 1. The minimum Gasteiger partial charge on any atom is -0.490 e. The van der Waals surface area contributed by atoms with Crippen LogP contribution in [0.3, 0.4) is 0 Å². The Hall–Kier alpha value is -3.83. The van der Waals surface area contributed by atoms with Crippen molar-refractivity contribution in [3.63, 3.8) is 0 Å². The van der Waals surface area contributed by atoms with Gasteiger partial charge in [0.2, 0.25) is 0 Å². The molecule has 43 heavy (non-hydrogen) atoms. The van der Waals surface area contributed by atoms with E-state index in [1.54, 1.807) is 11.1 Å². The van der Waals surface area contributed by atoms with Crippen molar-refractivity contribution in [1.82, 2.24) is 25.2 Å². The van der Waals surface area contributed by atoms with Gasteiger partial charge in [-0.25, -0.2) is 14.4 Å². The molecule has 1 amide bonds. The van der Waals surface area contributed by atoms with Crippen molar-refractivity contribution >= 4 is 11.7 Å². The zero-order valence-electron chi connectivity index (χ0n) is 25.1. The van der Waals surface area contributed by atoms with Gasteiger partial charge < -0.3 is 29.7 Å². The Kier molecular flexibility index (Phi) is 10.0. The van der Waals surface area contributed by atoms with Crippen LogP contribution in [0.4, 0.5) is 10.2 Å². The molecule has 0 bridgehead atoms. The number of carbonyl (C=O) groups is 1. The second-order valence-electron chi connectivity index (χ2n) is 11.2. The van der Waals surface area contributed by atoms with Crippen LogP contribution in [0.1, 0.15) is 74.1 Å². The highest BCUT2D eigenvalue weighted by molar-refractivity contribution is 5.97. The lowest BCUT2D eigenvalue weighted by atomic mass is 9.94. The van der Waals surface area contributed by atoms with Crippen molar-refractivity contribution in [1.29, 1.82) is 0 Å². The SMILES string of the molecule is CCN(C(=O)c1cc(F)ccc1Oc1cncnc1N1CCC(Oc2ccnc3c2[C@H](CCCO)NCC3)CC1)C(C)C. The number of pyridine rings is 1. The highest BCUT2D eigenvalue weighted by atomic mass is 19.1. The van der Waals surface area contributed by atoms with Gasteiger partial charge in [0, 0.05) is 75.9 Å². The molecule has 11 heteroatoms. The molecule has 0 aliphatic carbocycles. The Bertz CT molecular complexity index is 1400. The lowest BCUT2D eigenvalue weighted by Crippen LogP contribution is -2.39. The summed E-state index contributed by atoms with van der Waals surface area (Å²) in [6.45, 7) is 8.62. The molecule has 2 aromatic heterocycles. The minimum absolute atomic E-state index is 0.0201. The number of anilines is 1. The second-order valence-corrected chi connectivity index (χ2v) is 11.2. The number of benzene rings is 1. The molecule has 0 unspecified atom stereocenters. The van der Waals surface area contributed by atoms with Crippen LogP contribution in [-0.2, 0) is 6.42 Å². The van der Waals surface area contributed by atoms with E-state index in [2.05, 4.69) is 25.2 Å². The first-order chi connectivity index (χ1) is 20.9. The number of carbonyl (C=O) groups excluding carboxylic acids is 1. The zero-order chi connectivity index (χ0) is 30.3. The van der Waals surface area contributed by atoms with Crippen molar-refractivity contribution in [2.75, 3.05) is 37.7 Å². The Morgan fingerprint density at radius 3 is 2.74 bits per heavy atom. The summed E-state index contributed by atoms with van der Waals surface area (Å²) in [5.74, 6) is 1.33. The van der Waals surface area contributed by atoms with Gasteiger partial charge >= 0.3 is 0 Å². The van der Waals surface area contributed by atoms with E-state index in [1.807, 2.05) is 33.0 Å². The summed E-state index contributed by atoms with van der Waals surface area (Å²) < 4.78 is 27.1. The van der Waals surface area contributed by atoms with Crippen LogP contribution in [0.5, 0.6) is 17.2 Å². The number of ether oxygens (including phenoxy) is 2. The van der Waals surface area contributed by atoms with E-state index in [1.165, 1.54) is 24.5 Å². The van der Waals surface area contributed by atoms with Crippen molar-refractivity contribution in [3.8, 4) is 17.2 Å². The molecule has 4 heterocycles. The lowest BCUT2D eigenvalue weighted by Gasteiger charge is -2.35. The number of aliphatic hydroxyl groups excluding tert-OH is 1. The van der Waals surface area contributed by atoms with E-state index in [9.17, 15) is 14.3 Å². The molecule has 1 atom stereocenters. The summed E-state index contributed by atoms with van der Waals surface area (Å²) in [6.07, 6.45) is 8.83. The lowest BCUT2D eigenvalue weighted by molar-refractivity contribution is 0.0713. The van der Waals surface area contributed by atoms with Crippen molar-refractivity contribution in [2.24, 2.45) is 0 Å². The molecule has 1 fully saturated rings. The number of piperidine rings is 1. The van der Waals surface area contributed by atoms with Crippen molar-refractivity contribution in [2.45, 2.75) is 71.1 Å². The molecular formula is C32H41FN6O4. The van der Waals surface area contributed by atoms with Crippen LogP contribution in [0.2, 0.25) is 0 Å². The van der Waals surface area contributed by atoms with Crippen molar-refractivity contribution < 1.29 is 23.8 Å². The number of halogens is 1. The molecule has 2 aliphatic heterocycles. The Morgan fingerprint density at radius 2 is 2.00 bits per heavy atom. The van der Waals surface area contributed by atoms with Gasteiger partial charge in [0.25, 0.3) is 5.91 Å². The molecule has 10 nitrogen and oxygen atoms in total. The topological polar surface area (TPSA) is 113 Å². The molecule has 230 valence electrons. The maximum Gasteiger partial charge on any atom is 0.257 e. The van der Waals surface area contributed by atoms with Gasteiger partial charge in [0.1, 0.15) is 29.7 Å². The molecule has 2 N–H and O–H groups in total. The number of amides is 1. The molecule has 2 aliphatic rings. The highest BCUT2D eigenvalue weighted by Gasteiger charge is 2.29. The van der Waals surface area contributed by atoms with Crippen LogP contribution in [0.25, 0.3) is 0 Å². The first-order valence-corrected chi connectivity index (χ1v) is 15.2. The van der Waals surface area contributed by atoms with Gasteiger partial charge in [-0.2, -0.15) is 0 Å². The summed E-state index contributed by atoms with van der Waals surface area (Å²) in [5.41, 5.74) is 2.33. The number of hydrogen-bond acceptors (Lipinski definition) is 9. The number of fused-ring (bicyclic) bond motifs is 1. The first-order valence-electron chi connectivity index (χ1n) is 15.2. The number of hydrogen-bond donors (Lipinski definition) is 2. The normalized spacial score (nSPS) is 17.1. The van der Waals surface area contributed by atoms with E-state index in [-0.39, 0.29) is 42.0 Å². The molecule has 3 aromatic rings. The molecule has 0 saturated carbocycles. The van der Waals surface area contributed by atoms with E-state index in [0.717, 1.165) is 55.7 Å². The molecular weight excluding hydrogens is 551 g/mol. The van der Waals surface area contributed by atoms with E-state index in [0.29, 0.717) is 31.2 Å². The number of rotatable bonds is 11. The average molecular weight is 593 g/mol. The molecule has 0 spiro atoms. The van der Waals surface area contributed by atoms with Crippen LogP contribution in [0, 0.1) is 5.82 Å². The van der Waals surface area contributed by atoms with Gasteiger partial charge in [-0.3, -0.25) is 9.78 Å². The van der Waals surface area contributed by atoms with Crippen LogP contribution in [-0.4, -0.2) is 75.8 Å². The van der Waals surface area contributed by atoms with E-state index in [4.69, 9.17) is 9.47 Å². The van der Waals surface area contributed by atoms with Crippen molar-refractivity contribution in [3.05, 3.63) is 65.6 Å². The largest absolute Gasteiger partial charge is 0.490 e. The fourth-order valence-electron chi connectivity index (χ4n) is 5.94. The maximum atomic E-state index is 14.3. The average Bonchev–Trinajstić information content (AvgIpc) is 3.01. The fourth-order valence-corrected chi connectivity index (χ4v) is 5.94. The Morgan fingerprint density at radius 1 is 1.19 bits per heavy atom. The summed E-state index contributed by atoms with van der Waals surface area (Å²) >= 11 is 0. The summed E-state index contributed by atoms with van der Waals surface area (Å²) in [4.78, 5) is 30.4. The van der Waals surface area contributed by atoms with Gasteiger partial charge in [-0.1, -0.05) is 0 Å². The summed E-state index contributed by atoms with van der Waals surface area (Å²) in [7, 11) is 0. The van der Waals surface area contributed by atoms with E-state index < -0.39 is 5.82 Å². The second kappa shape index (κ2) is 14.1. The third-order valence-electron chi connectivity index (χ3n) is 8.10. The van der Waals surface area contributed by atoms with Crippen LogP contribution >= 0.6 is 0 Å².